The van der Waals surface area contributed by atoms with E-state index in [0.717, 1.165) is 10.8 Å². The van der Waals surface area contributed by atoms with E-state index < -0.39 is 27.9 Å². The number of rotatable bonds is 7. The summed E-state index contributed by atoms with van der Waals surface area (Å²) in [6.45, 7) is 5.12. The second-order valence-corrected chi connectivity index (χ2v) is 8.96. The lowest BCUT2D eigenvalue weighted by atomic mass is 10.1. The molecule has 3 aromatic rings. The first-order valence-corrected chi connectivity index (χ1v) is 11.6. The number of hydrogen-bond acceptors (Lipinski definition) is 5. The van der Waals surface area contributed by atoms with Gasteiger partial charge in [-0.3, -0.25) is 20.4 Å². The highest BCUT2D eigenvalue weighted by molar-refractivity contribution is 7.89. The minimum atomic E-state index is -3.72. The van der Waals surface area contributed by atoms with Gasteiger partial charge >= 0.3 is 0 Å². The summed E-state index contributed by atoms with van der Waals surface area (Å²) in [7, 11) is -3.72. The van der Waals surface area contributed by atoms with Crippen molar-refractivity contribution in [2.75, 3.05) is 6.54 Å². The number of sulfonamides is 1. The molecule has 9 heteroatoms. The van der Waals surface area contributed by atoms with Gasteiger partial charge in [0, 0.05) is 12.1 Å². The van der Waals surface area contributed by atoms with Gasteiger partial charge in [0.15, 0.2) is 6.10 Å². The Hall–Kier alpha value is -3.43. The minimum absolute atomic E-state index is 0.0329. The molecule has 0 fully saturated rings. The number of carbonyl (C=O) groups excluding carboxylic acids is 2. The Labute approximate surface area is 187 Å². The summed E-state index contributed by atoms with van der Waals surface area (Å²) in [5, 5.41) is 2.03. The lowest BCUT2D eigenvalue weighted by Gasteiger charge is -2.16. The molecule has 2 amide bonds. The van der Waals surface area contributed by atoms with Gasteiger partial charge in [-0.15, -0.1) is 0 Å². The summed E-state index contributed by atoms with van der Waals surface area (Å²) in [6.07, 6.45) is -0.877. The fraction of sp³-hybridized carbons (Fsp3) is 0.217. The van der Waals surface area contributed by atoms with E-state index in [4.69, 9.17) is 4.74 Å². The van der Waals surface area contributed by atoms with Crippen LogP contribution >= 0.6 is 0 Å². The van der Waals surface area contributed by atoms with Crippen molar-refractivity contribution in [3.8, 4) is 5.75 Å². The Morgan fingerprint density at radius 1 is 0.969 bits per heavy atom. The molecule has 0 spiro atoms. The average molecular weight is 456 g/mol. The first-order valence-electron chi connectivity index (χ1n) is 10.1. The number of aryl methyl sites for hydroxylation is 1. The van der Waals surface area contributed by atoms with E-state index >= 15 is 0 Å². The molecule has 0 bridgehead atoms. The van der Waals surface area contributed by atoms with Crippen molar-refractivity contribution in [2.45, 2.75) is 31.8 Å². The van der Waals surface area contributed by atoms with Crippen molar-refractivity contribution in [2.24, 2.45) is 0 Å². The zero-order valence-electron chi connectivity index (χ0n) is 18.0. The van der Waals surface area contributed by atoms with E-state index in [0.29, 0.717) is 11.3 Å². The van der Waals surface area contributed by atoms with E-state index in [2.05, 4.69) is 15.6 Å². The minimum Gasteiger partial charge on any atom is -0.481 e. The molecule has 0 radical (unpaired) electrons. The summed E-state index contributed by atoms with van der Waals surface area (Å²) >= 11 is 0. The molecule has 1 unspecified atom stereocenters. The Morgan fingerprint density at radius 3 is 2.41 bits per heavy atom. The standard InChI is InChI=1S/C23H25N3O5S/c1-4-24-32(29,30)20-12-9-15(2)21(14-20)23(28)26-25-22(27)16(3)31-19-11-10-17-7-5-6-8-18(17)13-19/h5-14,16,24H,4H2,1-3H3,(H,25,27)(H,26,28). The smallest absolute Gasteiger partial charge is 0.279 e. The molecule has 0 saturated heterocycles. The number of nitrogens with one attached hydrogen (secondary N) is 3. The third-order valence-corrected chi connectivity index (χ3v) is 6.34. The van der Waals surface area contributed by atoms with Gasteiger partial charge in [0.2, 0.25) is 10.0 Å². The summed E-state index contributed by atoms with van der Waals surface area (Å²) in [5.74, 6) is -0.669. The van der Waals surface area contributed by atoms with E-state index in [1.54, 1.807) is 26.8 Å². The fourth-order valence-electron chi connectivity index (χ4n) is 3.07. The summed E-state index contributed by atoms with van der Waals surface area (Å²) in [6, 6.07) is 17.5. The van der Waals surface area contributed by atoms with E-state index in [9.17, 15) is 18.0 Å². The van der Waals surface area contributed by atoms with Crippen LogP contribution in [0, 0.1) is 6.92 Å². The highest BCUT2D eigenvalue weighted by Crippen LogP contribution is 2.21. The van der Waals surface area contributed by atoms with E-state index in [-0.39, 0.29) is 17.0 Å². The summed E-state index contributed by atoms with van der Waals surface area (Å²) in [5.41, 5.74) is 5.33. The molecular formula is C23H25N3O5S. The number of hydrazine groups is 1. The van der Waals surface area contributed by atoms with Crippen LogP contribution in [0.25, 0.3) is 10.8 Å². The molecule has 8 nitrogen and oxygen atoms in total. The van der Waals surface area contributed by atoms with Crippen LogP contribution in [-0.2, 0) is 14.8 Å². The van der Waals surface area contributed by atoms with Gasteiger partial charge in [-0.25, -0.2) is 13.1 Å². The molecule has 32 heavy (non-hydrogen) atoms. The Bertz CT molecular complexity index is 1260. The highest BCUT2D eigenvalue weighted by atomic mass is 32.2. The third-order valence-electron chi connectivity index (χ3n) is 4.80. The van der Waals surface area contributed by atoms with Crippen LogP contribution in [-0.4, -0.2) is 32.9 Å². The zero-order chi connectivity index (χ0) is 23.3. The van der Waals surface area contributed by atoms with Crippen molar-refractivity contribution >= 4 is 32.6 Å². The molecule has 0 aromatic heterocycles. The van der Waals surface area contributed by atoms with Gasteiger partial charge in [0.05, 0.1) is 4.90 Å². The van der Waals surface area contributed by atoms with Gasteiger partial charge in [0.25, 0.3) is 11.8 Å². The van der Waals surface area contributed by atoms with Gasteiger partial charge in [-0.05, 0) is 54.4 Å². The topological polar surface area (TPSA) is 114 Å². The molecule has 0 aliphatic rings. The zero-order valence-corrected chi connectivity index (χ0v) is 18.8. The quantitative estimate of drug-likeness (QED) is 0.474. The van der Waals surface area contributed by atoms with Crippen LogP contribution in [0.5, 0.6) is 5.75 Å². The summed E-state index contributed by atoms with van der Waals surface area (Å²) in [4.78, 5) is 24.9. The highest BCUT2D eigenvalue weighted by Gasteiger charge is 2.19. The number of benzene rings is 3. The predicted octanol–water partition coefficient (Wildman–Crippen LogP) is 2.67. The average Bonchev–Trinajstić information content (AvgIpc) is 2.77. The maximum Gasteiger partial charge on any atom is 0.279 e. The first kappa shape index (κ1) is 23.2. The molecule has 0 saturated carbocycles. The Balaban J connectivity index is 1.64. The SMILES string of the molecule is CCNS(=O)(=O)c1ccc(C)c(C(=O)NNC(=O)C(C)Oc2ccc3ccccc3c2)c1. The van der Waals surface area contributed by atoms with Crippen molar-refractivity contribution < 1.29 is 22.7 Å². The number of ether oxygens (including phenoxy) is 1. The molecule has 0 aliphatic carbocycles. The van der Waals surface area contributed by atoms with Gasteiger partial charge in [0.1, 0.15) is 5.75 Å². The maximum absolute atomic E-state index is 12.6. The van der Waals surface area contributed by atoms with Crippen molar-refractivity contribution in [1.29, 1.82) is 0 Å². The van der Waals surface area contributed by atoms with Crippen LogP contribution in [0.1, 0.15) is 29.8 Å². The van der Waals surface area contributed by atoms with E-state index in [1.165, 1.54) is 18.2 Å². The largest absolute Gasteiger partial charge is 0.481 e. The third kappa shape index (κ3) is 5.43. The Kier molecular flexibility index (Phi) is 7.12. The lowest BCUT2D eigenvalue weighted by molar-refractivity contribution is -0.128. The second-order valence-electron chi connectivity index (χ2n) is 7.19. The number of fused-ring (bicyclic) bond motifs is 1. The van der Waals surface area contributed by atoms with Crippen molar-refractivity contribution in [3.05, 3.63) is 71.8 Å². The fourth-order valence-corrected chi connectivity index (χ4v) is 4.14. The normalized spacial score (nSPS) is 12.2. The number of hydrogen-bond donors (Lipinski definition) is 3. The van der Waals surface area contributed by atoms with Gasteiger partial charge < -0.3 is 4.74 Å². The lowest BCUT2D eigenvalue weighted by Crippen LogP contribution is -2.47. The van der Waals surface area contributed by atoms with Crippen molar-refractivity contribution in [3.63, 3.8) is 0 Å². The molecule has 3 N–H and O–H groups in total. The second kappa shape index (κ2) is 9.80. The van der Waals surface area contributed by atoms with Crippen LogP contribution in [0.15, 0.2) is 65.6 Å². The van der Waals surface area contributed by atoms with Gasteiger partial charge in [-0.1, -0.05) is 43.3 Å². The molecule has 0 heterocycles. The summed E-state index contributed by atoms with van der Waals surface area (Å²) < 4.78 is 32.5. The molecular weight excluding hydrogens is 430 g/mol. The number of amides is 2. The number of carbonyl (C=O) groups is 2. The monoisotopic (exact) mass is 455 g/mol. The Morgan fingerprint density at radius 2 is 1.69 bits per heavy atom. The van der Waals surface area contributed by atoms with Crippen molar-refractivity contribution in [1.82, 2.24) is 15.6 Å². The maximum atomic E-state index is 12.6. The van der Waals surface area contributed by atoms with E-state index in [1.807, 2.05) is 36.4 Å². The van der Waals surface area contributed by atoms with Crippen LogP contribution in [0.4, 0.5) is 0 Å². The van der Waals surface area contributed by atoms with Crippen LogP contribution in [0.2, 0.25) is 0 Å². The molecule has 3 aromatic carbocycles. The first-order chi connectivity index (χ1) is 15.2. The molecule has 1 atom stereocenters. The molecule has 0 aliphatic heterocycles. The van der Waals surface area contributed by atoms with Crippen LogP contribution in [0.3, 0.4) is 0 Å². The predicted molar refractivity (Wildman–Crippen MR) is 122 cm³/mol. The van der Waals surface area contributed by atoms with Crippen LogP contribution < -0.4 is 20.3 Å². The molecule has 3 rings (SSSR count). The molecule has 168 valence electrons. The van der Waals surface area contributed by atoms with Gasteiger partial charge in [-0.2, -0.15) is 0 Å².